The van der Waals surface area contributed by atoms with E-state index in [1.807, 2.05) is 49.2 Å². The third-order valence-corrected chi connectivity index (χ3v) is 4.55. The van der Waals surface area contributed by atoms with E-state index in [4.69, 9.17) is 11.6 Å². The molecule has 23 heavy (non-hydrogen) atoms. The standard InChI is InChI=1S/C18H22ClN3O/c1-13(2)18(23)22(15-7-8-15)12-17-20-9-10-21(17)11-14-5-3-4-6-16(14)19/h3-6,9-10,13,15H,7-8,11-12H2,1-2H3. The van der Waals surface area contributed by atoms with Gasteiger partial charge in [0.05, 0.1) is 13.1 Å². The molecule has 0 atom stereocenters. The summed E-state index contributed by atoms with van der Waals surface area (Å²) in [5.74, 6) is 1.13. The lowest BCUT2D eigenvalue weighted by atomic mass is 10.2. The van der Waals surface area contributed by atoms with E-state index >= 15 is 0 Å². The Kier molecular flexibility index (Phi) is 4.71. The van der Waals surface area contributed by atoms with Crippen LogP contribution in [0, 0.1) is 5.92 Å². The molecule has 1 aromatic heterocycles. The number of carbonyl (C=O) groups is 1. The molecule has 122 valence electrons. The molecule has 4 nitrogen and oxygen atoms in total. The molecule has 0 radical (unpaired) electrons. The molecule has 0 bridgehead atoms. The van der Waals surface area contributed by atoms with Gasteiger partial charge < -0.3 is 9.47 Å². The molecule has 1 aliphatic carbocycles. The molecule has 1 amide bonds. The fourth-order valence-corrected chi connectivity index (χ4v) is 2.90. The number of hydrogen-bond acceptors (Lipinski definition) is 2. The van der Waals surface area contributed by atoms with Crippen LogP contribution in [0.25, 0.3) is 0 Å². The minimum absolute atomic E-state index is 0.0163. The van der Waals surface area contributed by atoms with E-state index in [1.54, 1.807) is 6.20 Å². The van der Waals surface area contributed by atoms with Crippen molar-refractivity contribution in [2.75, 3.05) is 0 Å². The predicted octanol–water partition coefficient (Wildman–Crippen LogP) is 3.73. The first-order valence-electron chi connectivity index (χ1n) is 8.10. The summed E-state index contributed by atoms with van der Waals surface area (Å²) < 4.78 is 2.07. The fraction of sp³-hybridized carbons (Fsp3) is 0.444. The Hall–Kier alpha value is -1.81. The Bertz CT molecular complexity index is 691. The van der Waals surface area contributed by atoms with E-state index in [0.717, 1.165) is 29.3 Å². The molecule has 5 heteroatoms. The lowest BCUT2D eigenvalue weighted by Gasteiger charge is -2.24. The summed E-state index contributed by atoms with van der Waals surface area (Å²) >= 11 is 6.25. The largest absolute Gasteiger partial charge is 0.332 e. The number of aromatic nitrogens is 2. The second kappa shape index (κ2) is 6.75. The molecule has 0 unspecified atom stereocenters. The van der Waals surface area contributed by atoms with E-state index in [0.29, 0.717) is 19.1 Å². The average Bonchev–Trinajstić information content (AvgIpc) is 3.28. The third-order valence-electron chi connectivity index (χ3n) is 4.18. The van der Waals surface area contributed by atoms with Gasteiger partial charge in [-0.3, -0.25) is 4.79 Å². The molecule has 0 saturated heterocycles. The minimum Gasteiger partial charge on any atom is -0.332 e. The van der Waals surface area contributed by atoms with Crippen LogP contribution in [-0.4, -0.2) is 26.4 Å². The SMILES string of the molecule is CC(C)C(=O)N(Cc1nccn1Cc1ccccc1Cl)C1CC1. The summed E-state index contributed by atoms with van der Waals surface area (Å²) in [5.41, 5.74) is 1.06. The maximum absolute atomic E-state index is 12.4. The minimum atomic E-state index is 0.0163. The van der Waals surface area contributed by atoms with E-state index < -0.39 is 0 Å². The van der Waals surface area contributed by atoms with Crippen molar-refractivity contribution in [3.8, 4) is 0 Å². The first-order valence-corrected chi connectivity index (χ1v) is 8.48. The second-order valence-electron chi connectivity index (χ2n) is 6.41. The van der Waals surface area contributed by atoms with Gasteiger partial charge in [0.15, 0.2) is 0 Å². The predicted molar refractivity (Wildman–Crippen MR) is 91.2 cm³/mol. The Morgan fingerprint density at radius 2 is 2.13 bits per heavy atom. The number of hydrogen-bond donors (Lipinski definition) is 0. The highest BCUT2D eigenvalue weighted by Crippen LogP contribution is 2.29. The van der Waals surface area contributed by atoms with Crippen LogP contribution in [0.4, 0.5) is 0 Å². The monoisotopic (exact) mass is 331 g/mol. The van der Waals surface area contributed by atoms with Crippen molar-refractivity contribution in [3.05, 3.63) is 53.1 Å². The Labute approximate surface area is 142 Å². The highest BCUT2D eigenvalue weighted by Gasteiger charge is 2.34. The van der Waals surface area contributed by atoms with Crippen LogP contribution in [0.2, 0.25) is 5.02 Å². The lowest BCUT2D eigenvalue weighted by Crippen LogP contribution is -2.36. The molecule has 1 fully saturated rings. The van der Waals surface area contributed by atoms with Crippen molar-refractivity contribution in [1.82, 2.24) is 14.5 Å². The number of nitrogens with zero attached hydrogens (tertiary/aromatic N) is 3. The van der Waals surface area contributed by atoms with Gasteiger partial charge in [-0.15, -0.1) is 0 Å². The Morgan fingerprint density at radius 3 is 2.78 bits per heavy atom. The summed E-state index contributed by atoms with van der Waals surface area (Å²) in [4.78, 5) is 18.9. The lowest BCUT2D eigenvalue weighted by molar-refractivity contribution is -0.135. The van der Waals surface area contributed by atoms with E-state index in [2.05, 4.69) is 9.55 Å². The zero-order valence-electron chi connectivity index (χ0n) is 13.6. The van der Waals surface area contributed by atoms with Crippen LogP contribution in [0.5, 0.6) is 0 Å². The Morgan fingerprint density at radius 1 is 1.39 bits per heavy atom. The van der Waals surface area contributed by atoms with Crippen LogP contribution in [0.1, 0.15) is 38.1 Å². The van der Waals surface area contributed by atoms with E-state index in [1.165, 1.54) is 0 Å². The van der Waals surface area contributed by atoms with Crippen LogP contribution in [-0.2, 0) is 17.9 Å². The number of halogens is 1. The van der Waals surface area contributed by atoms with E-state index in [9.17, 15) is 4.79 Å². The zero-order chi connectivity index (χ0) is 16.4. The van der Waals surface area contributed by atoms with Crippen LogP contribution >= 0.6 is 11.6 Å². The van der Waals surface area contributed by atoms with Gasteiger partial charge in [-0.1, -0.05) is 43.6 Å². The molecule has 2 aromatic rings. The summed E-state index contributed by atoms with van der Waals surface area (Å²) in [6, 6.07) is 8.21. The average molecular weight is 332 g/mol. The smallest absolute Gasteiger partial charge is 0.225 e. The molecule has 0 N–H and O–H groups in total. The molecular formula is C18H22ClN3O. The molecule has 1 saturated carbocycles. The number of benzene rings is 1. The summed E-state index contributed by atoms with van der Waals surface area (Å²) in [6.07, 6.45) is 5.94. The van der Waals surface area contributed by atoms with Gasteiger partial charge in [-0.05, 0) is 24.5 Å². The highest BCUT2D eigenvalue weighted by atomic mass is 35.5. The van der Waals surface area contributed by atoms with Gasteiger partial charge in [0.1, 0.15) is 5.82 Å². The molecule has 1 aromatic carbocycles. The topological polar surface area (TPSA) is 38.1 Å². The number of carbonyl (C=O) groups excluding carboxylic acids is 1. The maximum atomic E-state index is 12.4. The van der Waals surface area contributed by atoms with Crippen LogP contribution in [0.15, 0.2) is 36.7 Å². The van der Waals surface area contributed by atoms with Gasteiger partial charge in [-0.2, -0.15) is 0 Å². The van der Waals surface area contributed by atoms with Crippen LogP contribution < -0.4 is 0 Å². The Balaban J connectivity index is 1.78. The summed E-state index contributed by atoms with van der Waals surface area (Å²) in [7, 11) is 0. The quantitative estimate of drug-likeness (QED) is 0.809. The van der Waals surface area contributed by atoms with Gasteiger partial charge in [0.25, 0.3) is 0 Å². The number of rotatable bonds is 6. The number of imidazole rings is 1. The normalized spacial score (nSPS) is 14.3. The van der Waals surface area contributed by atoms with Crippen molar-refractivity contribution >= 4 is 17.5 Å². The van der Waals surface area contributed by atoms with Gasteiger partial charge in [0, 0.05) is 29.4 Å². The maximum Gasteiger partial charge on any atom is 0.225 e. The van der Waals surface area contributed by atoms with Gasteiger partial charge in [-0.25, -0.2) is 4.98 Å². The molecule has 3 rings (SSSR count). The number of amides is 1. The van der Waals surface area contributed by atoms with Crippen molar-refractivity contribution in [3.63, 3.8) is 0 Å². The second-order valence-corrected chi connectivity index (χ2v) is 6.82. The van der Waals surface area contributed by atoms with Gasteiger partial charge in [0.2, 0.25) is 5.91 Å². The summed E-state index contributed by atoms with van der Waals surface area (Å²) in [5, 5.41) is 0.754. The van der Waals surface area contributed by atoms with Crippen molar-refractivity contribution in [2.24, 2.45) is 5.92 Å². The molecule has 0 spiro atoms. The third kappa shape index (κ3) is 3.75. The zero-order valence-corrected chi connectivity index (χ0v) is 14.3. The first-order chi connectivity index (χ1) is 11.1. The molecular weight excluding hydrogens is 310 g/mol. The van der Waals surface area contributed by atoms with Crippen LogP contribution in [0.3, 0.4) is 0 Å². The van der Waals surface area contributed by atoms with E-state index in [-0.39, 0.29) is 11.8 Å². The van der Waals surface area contributed by atoms with Gasteiger partial charge >= 0.3 is 0 Å². The highest BCUT2D eigenvalue weighted by molar-refractivity contribution is 6.31. The first kappa shape index (κ1) is 16.1. The molecule has 0 aliphatic heterocycles. The van der Waals surface area contributed by atoms with Crippen molar-refractivity contribution < 1.29 is 4.79 Å². The summed E-state index contributed by atoms with van der Waals surface area (Å²) in [6.45, 7) is 5.14. The fourth-order valence-electron chi connectivity index (χ4n) is 2.70. The van der Waals surface area contributed by atoms with Crippen molar-refractivity contribution in [1.29, 1.82) is 0 Å². The molecule has 1 aliphatic rings. The molecule has 1 heterocycles. The van der Waals surface area contributed by atoms with Crippen molar-refractivity contribution in [2.45, 2.75) is 45.8 Å².